The number of hydrogen-bond acceptors (Lipinski definition) is 3. The molecule has 0 heterocycles. The molecule has 0 aliphatic carbocycles. The lowest BCUT2D eigenvalue weighted by molar-refractivity contribution is -0.115. The fourth-order valence-corrected chi connectivity index (χ4v) is 1.55. The van der Waals surface area contributed by atoms with E-state index in [1.807, 2.05) is 6.92 Å². The standard InChI is InChI=1S/C12H15ClN2O3/c1-2-5-14-7-11(16)15-10-4-3-8(12(17)18)6-9(10)13/h3-4,6,14H,2,5,7H2,1H3,(H,15,16)(H,17,18). The molecule has 0 saturated carbocycles. The number of halogens is 1. The molecule has 18 heavy (non-hydrogen) atoms. The fourth-order valence-electron chi connectivity index (χ4n) is 1.32. The van der Waals surface area contributed by atoms with Gasteiger partial charge in [0.2, 0.25) is 5.91 Å². The van der Waals surface area contributed by atoms with Gasteiger partial charge in [0, 0.05) is 0 Å². The molecular weight excluding hydrogens is 256 g/mol. The molecule has 1 aromatic carbocycles. The molecule has 0 atom stereocenters. The summed E-state index contributed by atoms with van der Waals surface area (Å²) in [5, 5.41) is 14.5. The molecule has 0 radical (unpaired) electrons. The molecule has 98 valence electrons. The summed E-state index contributed by atoms with van der Waals surface area (Å²) >= 11 is 5.88. The first-order valence-corrected chi connectivity index (χ1v) is 5.95. The van der Waals surface area contributed by atoms with Crippen LogP contribution in [0.15, 0.2) is 18.2 Å². The van der Waals surface area contributed by atoms with Crippen LogP contribution in [-0.4, -0.2) is 30.1 Å². The van der Waals surface area contributed by atoms with Gasteiger partial charge >= 0.3 is 5.97 Å². The van der Waals surface area contributed by atoms with Gasteiger partial charge in [-0.3, -0.25) is 4.79 Å². The van der Waals surface area contributed by atoms with Crippen LogP contribution >= 0.6 is 11.6 Å². The molecule has 0 spiro atoms. The average Bonchev–Trinajstić information content (AvgIpc) is 2.32. The van der Waals surface area contributed by atoms with Crippen molar-refractivity contribution in [3.63, 3.8) is 0 Å². The fraction of sp³-hybridized carbons (Fsp3) is 0.333. The van der Waals surface area contributed by atoms with Gasteiger partial charge in [-0.25, -0.2) is 4.79 Å². The molecule has 0 unspecified atom stereocenters. The molecule has 6 heteroatoms. The van der Waals surface area contributed by atoms with Gasteiger partial charge in [-0.2, -0.15) is 0 Å². The number of carbonyl (C=O) groups is 2. The zero-order valence-electron chi connectivity index (χ0n) is 10.00. The van der Waals surface area contributed by atoms with Crippen LogP contribution < -0.4 is 10.6 Å². The van der Waals surface area contributed by atoms with Gasteiger partial charge in [0.25, 0.3) is 0 Å². The first-order chi connectivity index (χ1) is 8.54. The van der Waals surface area contributed by atoms with E-state index < -0.39 is 5.97 Å². The number of carboxylic acids is 1. The molecule has 1 rings (SSSR count). The van der Waals surface area contributed by atoms with E-state index in [4.69, 9.17) is 16.7 Å². The largest absolute Gasteiger partial charge is 0.478 e. The molecule has 3 N–H and O–H groups in total. The Morgan fingerprint density at radius 2 is 2.11 bits per heavy atom. The van der Waals surface area contributed by atoms with Crippen molar-refractivity contribution in [2.45, 2.75) is 13.3 Å². The van der Waals surface area contributed by atoms with Crippen molar-refractivity contribution in [1.29, 1.82) is 0 Å². The first-order valence-electron chi connectivity index (χ1n) is 5.58. The molecule has 0 bridgehead atoms. The minimum atomic E-state index is -1.06. The molecule has 0 aromatic heterocycles. The van der Waals surface area contributed by atoms with Crippen LogP contribution in [0.3, 0.4) is 0 Å². The lowest BCUT2D eigenvalue weighted by Crippen LogP contribution is -2.28. The number of aromatic carboxylic acids is 1. The first kappa shape index (κ1) is 14.5. The summed E-state index contributed by atoms with van der Waals surface area (Å²) in [5.41, 5.74) is 0.493. The van der Waals surface area contributed by atoms with Gasteiger partial charge in [0.1, 0.15) is 0 Å². The van der Waals surface area contributed by atoms with Crippen molar-refractivity contribution < 1.29 is 14.7 Å². The van der Waals surface area contributed by atoms with E-state index in [0.717, 1.165) is 13.0 Å². The summed E-state index contributed by atoms with van der Waals surface area (Å²) in [6.45, 7) is 2.97. The topological polar surface area (TPSA) is 78.4 Å². The van der Waals surface area contributed by atoms with Gasteiger partial charge in [-0.1, -0.05) is 18.5 Å². The highest BCUT2D eigenvalue weighted by atomic mass is 35.5. The predicted molar refractivity (Wildman–Crippen MR) is 70.2 cm³/mol. The molecule has 0 aliphatic heterocycles. The maximum atomic E-state index is 11.5. The Morgan fingerprint density at radius 1 is 1.39 bits per heavy atom. The third-order valence-electron chi connectivity index (χ3n) is 2.20. The highest BCUT2D eigenvalue weighted by molar-refractivity contribution is 6.34. The maximum Gasteiger partial charge on any atom is 0.335 e. The number of benzene rings is 1. The van der Waals surface area contributed by atoms with Crippen molar-refractivity contribution in [3.8, 4) is 0 Å². The summed E-state index contributed by atoms with van der Waals surface area (Å²) in [7, 11) is 0. The minimum Gasteiger partial charge on any atom is -0.478 e. The quantitative estimate of drug-likeness (QED) is 0.691. The van der Waals surface area contributed by atoms with Crippen molar-refractivity contribution >= 4 is 29.2 Å². The minimum absolute atomic E-state index is 0.0853. The number of nitrogens with one attached hydrogen (secondary N) is 2. The van der Waals surface area contributed by atoms with Crippen LogP contribution in [0.2, 0.25) is 5.02 Å². The van der Waals surface area contributed by atoms with E-state index in [9.17, 15) is 9.59 Å². The highest BCUT2D eigenvalue weighted by Crippen LogP contribution is 2.22. The van der Waals surface area contributed by atoms with Crippen LogP contribution in [0.1, 0.15) is 23.7 Å². The second kappa shape index (κ2) is 6.98. The summed E-state index contributed by atoms with van der Waals surface area (Å²) in [6.07, 6.45) is 0.946. The van der Waals surface area contributed by atoms with Crippen LogP contribution in [0.25, 0.3) is 0 Å². The lowest BCUT2D eigenvalue weighted by atomic mass is 10.2. The van der Waals surface area contributed by atoms with Crippen LogP contribution in [-0.2, 0) is 4.79 Å². The Balaban J connectivity index is 2.62. The lowest BCUT2D eigenvalue weighted by Gasteiger charge is -2.08. The summed E-state index contributed by atoms with van der Waals surface area (Å²) in [6, 6.07) is 4.17. The Morgan fingerprint density at radius 3 is 2.67 bits per heavy atom. The van der Waals surface area contributed by atoms with E-state index in [-0.39, 0.29) is 23.0 Å². The van der Waals surface area contributed by atoms with Crippen molar-refractivity contribution in [2.24, 2.45) is 0 Å². The third-order valence-corrected chi connectivity index (χ3v) is 2.52. The van der Waals surface area contributed by atoms with E-state index in [1.54, 1.807) is 0 Å². The van der Waals surface area contributed by atoms with E-state index in [2.05, 4.69) is 10.6 Å². The molecule has 0 fully saturated rings. The number of hydrogen-bond donors (Lipinski definition) is 3. The molecule has 0 saturated heterocycles. The van der Waals surface area contributed by atoms with E-state index in [0.29, 0.717) is 5.69 Å². The van der Waals surface area contributed by atoms with Gasteiger partial charge in [-0.05, 0) is 31.2 Å². The molecule has 5 nitrogen and oxygen atoms in total. The number of rotatable bonds is 6. The van der Waals surface area contributed by atoms with Gasteiger partial charge < -0.3 is 15.7 Å². The Hall–Kier alpha value is -1.59. The monoisotopic (exact) mass is 270 g/mol. The van der Waals surface area contributed by atoms with Gasteiger partial charge in [0.05, 0.1) is 22.8 Å². The smallest absolute Gasteiger partial charge is 0.335 e. The van der Waals surface area contributed by atoms with Crippen molar-refractivity contribution in [2.75, 3.05) is 18.4 Å². The summed E-state index contributed by atoms with van der Waals surface area (Å²) < 4.78 is 0. The number of anilines is 1. The molecule has 1 amide bonds. The van der Waals surface area contributed by atoms with Crippen molar-refractivity contribution in [1.82, 2.24) is 5.32 Å². The normalized spacial score (nSPS) is 10.1. The Bertz CT molecular complexity index is 449. The Kier molecular flexibility index (Phi) is 5.61. The number of amides is 1. The summed E-state index contributed by atoms with van der Waals surface area (Å²) in [4.78, 5) is 22.2. The predicted octanol–water partition coefficient (Wildman–Crippen LogP) is 1.98. The highest BCUT2D eigenvalue weighted by Gasteiger charge is 2.09. The van der Waals surface area contributed by atoms with E-state index >= 15 is 0 Å². The van der Waals surface area contributed by atoms with Crippen molar-refractivity contribution in [3.05, 3.63) is 28.8 Å². The molecular formula is C12H15ClN2O3. The van der Waals surface area contributed by atoms with E-state index in [1.165, 1.54) is 18.2 Å². The zero-order chi connectivity index (χ0) is 13.5. The molecule has 1 aromatic rings. The summed E-state index contributed by atoms with van der Waals surface area (Å²) in [5.74, 6) is -1.27. The number of carbonyl (C=O) groups excluding carboxylic acids is 1. The van der Waals surface area contributed by atoms with Crippen LogP contribution in [0.4, 0.5) is 5.69 Å². The Labute approximate surface area is 110 Å². The third kappa shape index (κ3) is 4.35. The second-order valence-electron chi connectivity index (χ2n) is 3.72. The van der Waals surface area contributed by atoms with Gasteiger partial charge in [0.15, 0.2) is 0 Å². The number of carboxylic acid groups (broad SMARTS) is 1. The van der Waals surface area contributed by atoms with Crippen LogP contribution in [0.5, 0.6) is 0 Å². The maximum absolute atomic E-state index is 11.5. The van der Waals surface area contributed by atoms with Crippen LogP contribution in [0, 0.1) is 0 Å². The average molecular weight is 271 g/mol. The van der Waals surface area contributed by atoms with Gasteiger partial charge in [-0.15, -0.1) is 0 Å². The SMILES string of the molecule is CCCNCC(=O)Nc1ccc(C(=O)O)cc1Cl. The zero-order valence-corrected chi connectivity index (χ0v) is 10.8. The molecule has 0 aliphatic rings. The second-order valence-corrected chi connectivity index (χ2v) is 4.13.